The third kappa shape index (κ3) is 1.17. The Morgan fingerprint density at radius 1 is 1.00 bits per heavy atom. The molecule has 3 nitrogen and oxygen atoms in total. The lowest BCUT2D eigenvalue weighted by atomic mass is 10.1. The second kappa shape index (κ2) is 2.86. The second-order valence-electron chi connectivity index (χ2n) is 2.73. The van der Waals surface area contributed by atoms with E-state index in [4.69, 9.17) is 14.2 Å². The Hall–Kier alpha value is -0.120. The minimum absolute atomic E-state index is 0.0301. The van der Waals surface area contributed by atoms with Crippen LogP contribution in [0, 0.1) is 5.92 Å². The Labute approximate surface area is 60.3 Å². The van der Waals surface area contributed by atoms with E-state index in [-0.39, 0.29) is 6.29 Å². The zero-order valence-corrected chi connectivity index (χ0v) is 5.91. The molecule has 0 N–H and O–H groups in total. The number of rotatable bonds is 1. The zero-order chi connectivity index (χ0) is 6.81. The predicted molar refractivity (Wildman–Crippen MR) is 34.6 cm³/mol. The lowest BCUT2D eigenvalue weighted by molar-refractivity contribution is -0.0836. The average Bonchev–Trinajstić information content (AvgIpc) is 2.59. The van der Waals surface area contributed by atoms with Crippen molar-refractivity contribution in [2.45, 2.75) is 12.7 Å². The molecule has 2 aliphatic heterocycles. The van der Waals surface area contributed by atoms with Crippen LogP contribution < -0.4 is 0 Å². The molecule has 2 saturated heterocycles. The molecular formula is C7H12O3. The van der Waals surface area contributed by atoms with Gasteiger partial charge in [0.1, 0.15) is 0 Å². The molecule has 3 heteroatoms. The first kappa shape index (κ1) is 6.58. The van der Waals surface area contributed by atoms with Crippen LogP contribution >= 0.6 is 0 Å². The number of hydrogen-bond donors (Lipinski definition) is 0. The Balaban J connectivity index is 1.85. The third-order valence-electron chi connectivity index (χ3n) is 2.00. The highest BCUT2D eigenvalue weighted by Gasteiger charge is 2.29. The minimum Gasteiger partial charge on any atom is -0.381 e. The molecule has 0 bridgehead atoms. The minimum atomic E-state index is 0.0301. The van der Waals surface area contributed by atoms with Crippen LogP contribution in [0.2, 0.25) is 0 Å². The van der Waals surface area contributed by atoms with Gasteiger partial charge in [-0.15, -0.1) is 0 Å². The molecule has 0 aromatic heterocycles. The van der Waals surface area contributed by atoms with Gasteiger partial charge in [-0.05, 0) is 6.42 Å². The average molecular weight is 144 g/mol. The van der Waals surface area contributed by atoms with Crippen molar-refractivity contribution in [2.24, 2.45) is 5.92 Å². The van der Waals surface area contributed by atoms with Crippen molar-refractivity contribution < 1.29 is 14.2 Å². The summed E-state index contributed by atoms with van der Waals surface area (Å²) in [4.78, 5) is 0. The van der Waals surface area contributed by atoms with Crippen molar-refractivity contribution in [2.75, 3.05) is 26.4 Å². The SMILES string of the molecule is C1CC(C2OCCO2)CO1. The van der Waals surface area contributed by atoms with Crippen molar-refractivity contribution >= 4 is 0 Å². The fourth-order valence-electron chi connectivity index (χ4n) is 1.42. The Bertz CT molecular complexity index is 89.4. The summed E-state index contributed by atoms with van der Waals surface area (Å²) in [6, 6.07) is 0. The van der Waals surface area contributed by atoms with Gasteiger partial charge in [0, 0.05) is 12.5 Å². The summed E-state index contributed by atoms with van der Waals surface area (Å²) >= 11 is 0. The fraction of sp³-hybridized carbons (Fsp3) is 1.00. The van der Waals surface area contributed by atoms with E-state index in [1.807, 2.05) is 0 Å². The van der Waals surface area contributed by atoms with E-state index in [1.54, 1.807) is 0 Å². The number of hydrogen-bond acceptors (Lipinski definition) is 3. The van der Waals surface area contributed by atoms with Crippen molar-refractivity contribution in [3.8, 4) is 0 Å². The van der Waals surface area contributed by atoms with E-state index in [0.29, 0.717) is 5.92 Å². The van der Waals surface area contributed by atoms with Gasteiger partial charge in [0.05, 0.1) is 19.8 Å². The maximum Gasteiger partial charge on any atom is 0.162 e. The highest BCUT2D eigenvalue weighted by atomic mass is 16.7. The lowest BCUT2D eigenvalue weighted by Gasteiger charge is -2.13. The third-order valence-corrected chi connectivity index (χ3v) is 2.00. The van der Waals surface area contributed by atoms with E-state index < -0.39 is 0 Å². The van der Waals surface area contributed by atoms with Crippen LogP contribution in [0.5, 0.6) is 0 Å². The standard InChI is InChI=1S/C7H12O3/c1-2-8-5-6(1)7-9-3-4-10-7/h6-7H,1-5H2. The normalized spacial score (nSPS) is 35.4. The monoisotopic (exact) mass is 144 g/mol. The molecule has 2 fully saturated rings. The first-order chi connectivity index (χ1) is 4.97. The summed E-state index contributed by atoms with van der Waals surface area (Å²) in [5.41, 5.74) is 0. The molecule has 0 aromatic rings. The summed E-state index contributed by atoms with van der Waals surface area (Å²) < 4.78 is 15.9. The Morgan fingerprint density at radius 3 is 2.40 bits per heavy atom. The van der Waals surface area contributed by atoms with Crippen molar-refractivity contribution in [1.82, 2.24) is 0 Å². The van der Waals surface area contributed by atoms with Crippen molar-refractivity contribution in [1.29, 1.82) is 0 Å². The van der Waals surface area contributed by atoms with Crippen LogP contribution in [0.4, 0.5) is 0 Å². The van der Waals surface area contributed by atoms with Crippen molar-refractivity contribution in [3.05, 3.63) is 0 Å². The molecule has 1 atom stereocenters. The maximum absolute atomic E-state index is 5.33. The highest BCUT2D eigenvalue weighted by molar-refractivity contribution is 4.69. The van der Waals surface area contributed by atoms with Crippen LogP contribution in [0.25, 0.3) is 0 Å². The summed E-state index contributed by atoms with van der Waals surface area (Å²) in [6.45, 7) is 3.18. The van der Waals surface area contributed by atoms with E-state index in [1.165, 1.54) is 0 Å². The molecule has 0 radical (unpaired) electrons. The van der Waals surface area contributed by atoms with Crippen LogP contribution in [0.3, 0.4) is 0 Å². The van der Waals surface area contributed by atoms with Gasteiger partial charge in [-0.3, -0.25) is 0 Å². The van der Waals surface area contributed by atoms with E-state index >= 15 is 0 Å². The highest BCUT2D eigenvalue weighted by Crippen LogP contribution is 2.22. The molecular weight excluding hydrogens is 132 g/mol. The molecule has 1 unspecified atom stereocenters. The van der Waals surface area contributed by atoms with Crippen LogP contribution in [0.1, 0.15) is 6.42 Å². The summed E-state index contributed by atoms with van der Waals surface area (Å²) in [5, 5.41) is 0. The van der Waals surface area contributed by atoms with Gasteiger partial charge >= 0.3 is 0 Å². The largest absolute Gasteiger partial charge is 0.381 e. The smallest absolute Gasteiger partial charge is 0.162 e. The van der Waals surface area contributed by atoms with Crippen LogP contribution in [0.15, 0.2) is 0 Å². The second-order valence-corrected chi connectivity index (χ2v) is 2.73. The molecule has 2 heterocycles. The summed E-state index contributed by atoms with van der Waals surface area (Å²) in [5.74, 6) is 0.488. The van der Waals surface area contributed by atoms with Crippen LogP contribution in [-0.2, 0) is 14.2 Å². The first-order valence-electron chi connectivity index (χ1n) is 3.78. The molecule has 58 valence electrons. The number of ether oxygens (including phenoxy) is 3. The molecule has 0 aliphatic carbocycles. The molecule has 0 amide bonds. The van der Waals surface area contributed by atoms with Gasteiger partial charge < -0.3 is 14.2 Å². The molecule has 2 rings (SSSR count). The molecule has 0 spiro atoms. The molecule has 10 heavy (non-hydrogen) atoms. The molecule has 2 aliphatic rings. The zero-order valence-electron chi connectivity index (χ0n) is 5.91. The lowest BCUT2D eigenvalue weighted by Crippen LogP contribution is -2.21. The maximum atomic E-state index is 5.33. The van der Waals surface area contributed by atoms with Gasteiger partial charge in [0.15, 0.2) is 6.29 Å². The van der Waals surface area contributed by atoms with Gasteiger partial charge in [0.25, 0.3) is 0 Å². The predicted octanol–water partition coefficient (Wildman–Crippen LogP) is 0.396. The van der Waals surface area contributed by atoms with Crippen molar-refractivity contribution in [3.63, 3.8) is 0 Å². The van der Waals surface area contributed by atoms with Gasteiger partial charge in [0.2, 0.25) is 0 Å². The molecule has 0 aromatic carbocycles. The molecule has 0 saturated carbocycles. The van der Waals surface area contributed by atoms with E-state index in [9.17, 15) is 0 Å². The van der Waals surface area contributed by atoms with Gasteiger partial charge in [-0.1, -0.05) is 0 Å². The Morgan fingerprint density at radius 2 is 1.80 bits per heavy atom. The first-order valence-corrected chi connectivity index (χ1v) is 3.78. The van der Waals surface area contributed by atoms with Gasteiger partial charge in [-0.2, -0.15) is 0 Å². The van der Waals surface area contributed by atoms with E-state index in [0.717, 1.165) is 32.8 Å². The topological polar surface area (TPSA) is 27.7 Å². The fourth-order valence-corrected chi connectivity index (χ4v) is 1.42. The quantitative estimate of drug-likeness (QED) is 0.533. The Kier molecular flexibility index (Phi) is 1.88. The van der Waals surface area contributed by atoms with Gasteiger partial charge in [-0.25, -0.2) is 0 Å². The summed E-state index contributed by atoms with van der Waals surface area (Å²) in [6.07, 6.45) is 1.12. The van der Waals surface area contributed by atoms with E-state index in [2.05, 4.69) is 0 Å². The van der Waals surface area contributed by atoms with Crippen LogP contribution in [-0.4, -0.2) is 32.7 Å². The summed E-state index contributed by atoms with van der Waals surface area (Å²) in [7, 11) is 0.